The van der Waals surface area contributed by atoms with Crippen LogP contribution >= 0.6 is 0 Å². The van der Waals surface area contributed by atoms with Crippen molar-refractivity contribution >= 4 is 17.9 Å². The Balaban J connectivity index is 3.07. The van der Waals surface area contributed by atoms with E-state index in [0.717, 1.165) is 6.21 Å². The smallest absolute Gasteiger partial charge is 0.343 e. The third-order valence-electron chi connectivity index (χ3n) is 1.70. The van der Waals surface area contributed by atoms with Gasteiger partial charge in [0, 0.05) is 12.4 Å². The summed E-state index contributed by atoms with van der Waals surface area (Å²) in [5.74, 6) is -0.496. The topological polar surface area (TPSA) is 98.3 Å². The number of ether oxygens (including phenoxy) is 1. The van der Waals surface area contributed by atoms with Crippen LogP contribution in [0.15, 0.2) is 28.7 Å². The first kappa shape index (κ1) is 11.7. The summed E-state index contributed by atoms with van der Waals surface area (Å²) in [6, 6.07) is 1.85. The molecule has 16 heavy (non-hydrogen) atoms. The number of nitrogens with one attached hydrogen (secondary N) is 2. The van der Waals surface area contributed by atoms with E-state index < -0.39 is 5.97 Å². The van der Waals surface area contributed by atoms with E-state index in [1.165, 1.54) is 12.3 Å². The Bertz CT molecular complexity index is 440. The summed E-state index contributed by atoms with van der Waals surface area (Å²) in [4.78, 5) is 15.3. The van der Waals surface area contributed by atoms with E-state index >= 15 is 0 Å². The van der Waals surface area contributed by atoms with Gasteiger partial charge in [-0.05, 0) is 13.0 Å². The molecule has 0 atom stereocenters. The van der Waals surface area contributed by atoms with E-state index in [1.54, 1.807) is 6.92 Å². The van der Waals surface area contributed by atoms with Crippen molar-refractivity contribution < 1.29 is 9.53 Å². The summed E-state index contributed by atoms with van der Waals surface area (Å²) in [6.45, 7) is 1.89. The number of esters is 1. The Morgan fingerprint density at radius 2 is 2.56 bits per heavy atom. The average Bonchev–Trinajstić information content (AvgIpc) is 2.31. The molecule has 0 saturated heterocycles. The maximum atomic E-state index is 11.4. The van der Waals surface area contributed by atoms with Gasteiger partial charge in [-0.3, -0.25) is 0 Å². The fourth-order valence-corrected chi connectivity index (χ4v) is 1.02. The van der Waals surface area contributed by atoms with E-state index in [9.17, 15) is 4.79 Å². The standard InChI is InChI=1S/C10H10N4O2/c1-2-16-10(15)8(6-12)9-13-4-3-7(5-11)14-9/h3-4,6,12-13H,2H2,1H3/b9-8-,12-6?. The predicted octanol–water partition coefficient (Wildman–Crippen LogP) is 0.492. The van der Waals surface area contributed by atoms with E-state index in [1.807, 2.05) is 6.07 Å². The van der Waals surface area contributed by atoms with Gasteiger partial charge in [0.25, 0.3) is 0 Å². The summed E-state index contributed by atoms with van der Waals surface area (Å²) >= 11 is 0. The van der Waals surface area contributed by atoms with Crippen LogP contribution in [0.1, 0.15) is 6.92 Å². The second-order valence-corrected chi connectivity index (χ2v) is 2.71. The Morgan fingerprint density at radius 3 is 3.12 bits per heavy atom. The SMILES string of the molecule is CCOC(=O)/C(C=N)=C1\N=C(C#N)C=CN1. The maximum Gasteiger partial charge on any atom is 0.343 e. The molecule has 82 valence electrons. The molecule has 2 N–H and O–H groups in total. The Labute approximate surface area is 92.4 Å². The van der Waals surface area contributed by atoms with Gasteiger partial charge in [-0.15, -0.1) is 0 Å². The fourth-order valence-electron chi connectivity index (χ4n) is 1.02. The van der Waals surface area contributed by atoms with Gasteiger partial charge in [-0.2, -0.15) is 5.26 Å². The average molecular weight is 218 g/mol. The van der Waals surface area contributed by atoms with Crippen LogP contribution in [0.25, 0.3) is 0 Å². The molecule has 1 rings (SSSR count). The zero-order valence-electron chi connectivity index (χ0n) is 8.65. The number of allylic oxidation sites excluding steroid dienone is 1. The second kappa shape index (κ2) is 5.46. The quantitative estimate of drug-likeness (QED) is 0.409. The van der Waals surface area contributed by atoms with Crippen LogP contribution in [0.2, 0.25) is 0 Å². The summed E-state index contributed by atoms with van der Waals surface area (Å²) in [5.41, 5.74) is 0.149. The first-order chi connectivity index (χ1) is 7.72. The van der Waals surface area contributed by atoms with Gasteiger partial charge < -0.3 is 15.5 Å². The highest BCUT2D eigenvalue weighted by molar-refractivity contribution is 6.12. The van der Waals surface area contributed by atoms with Gasteiger partial charge in [0.05, 0.1) is 6.61 Å². The number of carbonyl (C=O) groups is 1. The Hall–Kier alpha value is -2.42. The number of aliphatic imine (C=N–C) groups is 1. The predicted molar refractivity (Wildman–Crippen MR) is 57.8 cm³/mol. The van der Waals surface area contributed by atoms with Crippen LogP contribution in [0, 0.1) is 16.7 Å². The number of nitrogens with zero attached hydrogens (tertiary/aromatic N) is 2. The molecule has 0 fully saturated rings. The summed E-state index contributed by atoms with van der Waals surface area (Å²) in [7, 11) is 0. The minimum absolute atomic E-state index is 0.0149. The highest BCUT2D eigenvalue weighted by Crippen LogP contribution is 2.07. The molecule has 1 heterocycles. The molecule has 6 heteroatoms. The summed E-state index contributed by atoms with van der Waals surface area (Å²) < 4.78 is 4.75. The number of hydrogen-bond donors (Lipinski definition) is 2. The molecule has 0 unspecified atom stereocenters. The lowest BCUT2D eigenvalue weighted by atomic mass is 10.2. The molecule has 0 aromatic heterocycles. The maximum absolute atomic E-state index is 11.4. The van der Waals surface area contributed by atoms with Crippen molar-refractivity contribution in [1.29, 1.82) is 10.7 Å². The van der Waals surface area contributed by atoms with Gasteiger partial charge in [0.15, 0.2) is 0 Å². The van der Waals surface area contributed by atoms with Crippen molar-refractivity contribution in [3.05, 3.63) is 23.7 Å². The molecule has 6 nitrogen and oxygen atoms in total. The van der Waals surface area contributed by atoms with Crippen molar-refractivity contribution in [3.8, 4) is 6.07 Å². The van der Waals surface area contributed by atoms with E-state index in [4.69, 9.17) is 15.4 Å². The summed E-state index contributed by atoms with van der Waals surface area (Å²) in [5, 5.41) is 18.5. The first-order valence-corrected chi connectivity index (χ1v) is 4.56. The zero-order chi connectivity index (χ0) is 12.0. The molecule has 0 amide bonds. The first-order valence-electron chi connectivity index (χ1n) is 4.56. The molecule has 1 aliphatic rings. The van der Waals surface area contributed by atoms with Crippen molar-refractivity contribution in [1.82, 2.24) is 5.32 Å². The molecule has 0 aliphatic carbocycles. The van der Waals surface area contributed by atoms with Crippen molar-refractivity contribution in [3.63, 3.8) is 0 Å². The van der Waals surface area contributed by atoms with Gasteiger partial charge in [-0.1, -0.05) is 0 Å². The number of nitriles is 1. The molecule has 0 radical (unpaired) electrons. The Kier molecular flexibility index (Phi) is 3.98. The van der Waals surface area contributed by atoms with Crippen molar-refractivity contribution in [2.75, 3.05) is 6.61 Å². The second-order valence-electron chi connectivity index (χ2n) is 2.71. The molecule has 0 aromatic rings. The van der Waals surface area contributed by atoms with Crippen molar-refractivity contribution in [2.24, 2.45) is 4.99 Å². The van der Waals surface area contributed by atoms with E-state index in [0.29, 0.717) is 0 Å². The van der Waals surface area contributed by atoms with Crippen LogP contribution in [0.5, 0.6) is 0 Å². The van der Waals surface area contributed by atoms with Crippen LogP contribution < -0.4 is 5.32 Å². The highest BCUT2D eigenvalue weighted by atomic mass is 16.5. The lowest BCUT2D eigenvalue weighted by Gasteiger charge is -2.10. The largest absolute Gasteiger partial charge is 0.462 e. The van der Waals surface area contributed by atoms with Crippen LogP contribution in [-0.2, 0) is 9.53 Å². The van der Waals surface area contributed by atoms with Gasteiger partial charge in [0.1, 0.15) is 23.2 Å². The molecule has 0 aromatic carbocycles. The van der Waals surface area contributed by atoms with E-state index in [-0.39, 0.29) is 23.7 Å². The number of hydrogen-bond acceptors (Lipinski definition) is 6. The molecule has 1 aliphatic heterocycles. The highest BCUT2D eigenvalue weighted by Gasteiger charge is 2.15. The third kappa shape index (κ3) is 2.54. The number of carbonyl (C=O) groups excluding carboxylic acids is 1. The van der Waals surface area contributed by atoms with E-state index in [2.05, 4.69) is 10.3 Å². The Morgan fingerprint density at radius 1 is 1.81 bits per heavy atom. The zero-order valence-corrected chi connectivity index (χ0v) is 8.65. The van der Waals surface area contributed by atoms with Gasteiger partial charge in [0.2, 0.25) is 0 Å². The normalized spacial score (nSPS) is 16.6. The number of rotatable bonds is 3. The van der Waals surface area contributed by atoms with Crippen LogP contribution in [-0.4, -0.2) is 24.5 Å². The van der Waals surface area contributed by atoms with Gasteiger partial charge in [-0.25, -0.2) is 9.79 Å². The fraction of sp³-hybridized carbons (Fsp3) is 0.200. The molecule has 0 spiro atoms. The lowest BCUT2D eigenvalue weighted by molar-refractivity contribution is -0.137. The van der Waals surface area contributed by atoms with Gasteiger partial charge >= 0.3 is 5.97 Å². The molecule has 0 saturated carbocycles. The van der Waals surface area contributed by atoms with Crippen LogP contribution in [0.4, 0.5) is 0 Å². The molecular formula is C10H10N4O2. The molecule has 0 bridgehead atoms. The minimum atomic E-state index is -0.642. The minimum Gasteiger partial charge on any atom is -0.462 e. The monoisotopic (exact) mass is 218 g/mol. The molecular weight excluding hydrogens is 208 g/mol. The third-order valence-corrected chi connectivity index (χ3v) is 1.70. The summed E-state index contributed by atoms with van der Waals surface area (Å²) in [6.07, 6.45) is 3.79. The lowest BCUT2D eigenvalue weighted by Crippen LogP contribution is -2.19. The van der Waals surface area contributed by atoms with Crippen LogP contribution in [0.3, 0.4) is 0 Å². The van der Waals surface area contributed by atoms with Crippen molar-refractivity contribution in [2.45, 2.75) is 6.92 Å².